The molecule has 4 rings (SSSR count). The van der Waals surface area contributed by atoms with Gasteiger partial charge in [-0.3, -0.25) is 14.9 Å². The van der Waals surface area contributed by atoms with E-state index in [-0.39, 0.29) is 16.4 Å². The van der Waals surface area contributed by atoms with Crippen molar-refractivity contribution >= 4 is 45.5 Å². The number of rotatable bonds is 3. The van der Waals surface area contributed by atoms with Crippen LogP contribution in [0.1, 0.15) is 58.3 Å². The number of primary amides is 1. The van der Waals surface area contributed by atoms with Crippen molar-refractivity contribution in [1.82, 2.24) is 5.32 Å². The van der Waals surface area contributed by atoms with Gasteiger partial charge in [0.1, 0.15) is 18.2 Å². The predicted molar refractivity (Wildman–Crippen MR) is 129 cm³/mol. The molecular formula is C23H27N3O4S2. The normalized spacial score (nSPS) is 17.3. The number of hydrogen-bond donors (Lipinski definition) is 3. The Morgan fingerprint density at radius 3 is 2.59 bits per heavy atom. The van der Waals surface area contributed by atoms with Gasteiger partial charge >= 0.3 is 0 Å². The predicted octanol–water partition coefficient (Wildman–Crippen LogP) is 3.90. The van der Waals surface area contributed by atoms with Crippen LogP contribution in [0, 0.1) is 11.3 Å². The average molecular weight is 474 g/mol. The number of nitrogens with one attached hydrogen (secondary N) is 2. The summed E-state index contributed by atoms with van der Waals surface area (Å²) in [5, 5.41) is 6.39. The van der Waals surface area contributed by atoms with E-state index in [2.05, 4.69) is 31.4 Å². The Hall–Kier alpha value is -2.65. The molecule has 1 aromatic heterocycles. The minimum atomic E-state index is -0.486. The van der Waals surface area contributed by atoms with Gasteiger partial charge in [-0.05, 0) is 66.6 Å². The van der Waals surface area contributed by atoms with Crippen LogP contribution < -0.4 is 25.8 Å². The molecule has 32 heavy (non-hydrogen) atoms. The van der Waals surface area contributed by atoms with E-state index in [4.69, 9.17) is 27.4 Å². The molecule has 0 spiro atoms. The molecular weight excluding hydrogens is 446 g/mol. The van der Waals surface area contributed by atoms with Crippen LogP contribution in [0.3, 0.4) is 0 Å². The highest BCUT2D eigenvalue weighted by Gasteiger charge is 2.33. The van der Waals surface area contributed by atoms with Crippen LogP contribution in [-0.4, -0.2) is 30.1 Å². The smallest absolute Gasteiger partial charge is 0.257 e. The molecule has 1 unspecified atom stereocenters. The Morgan fingerprint density at radius 1 is 1.19 bits per heavy atom. The minimum Gasteiger partial charge on any atom is -0.486 e. The zero-order chi connectivity index (χ0) is 23.0. The highest BCUT2D eigenvalue weighted by Crippen LogP contribution is 2.44. The fraction of sp³-hybridized carbons (Fsp3) is 0.435. The third-order valence-corrected chi connectivity index (χ3v) is 7.37. The molecule has 1 aromatic carbocycles. The number of fused-ring (bicyclic) bond motifs is 2. The number of benzene rings is 1. The van der Waals surface area contributed by atoms with Crippen molar-refractivity contribution < 1.29 is 19.1 Å². The average Bonchev–Trinajstić information content (AvgIpc) is 3.09. The van der Waals surface area contributed by atoms with Gasteiger partial charge in [0.15, 0.2) is 16.6 Å². The third-order valence-electron chi connectivity index (χ3n) is 5.99. The molecule has 0 bridgehead atoms. The van der Waals surface area contributed by atoms with E-state index >= 15 is 0 Å². The first-order valence-corrected chi connectivity index (χ1v) is 11.8. The second kappa shape index (κ2) is 8.71. The van der Waals surface area contributed by atoms with Gasteiger partial charge in [0, 0.05) is 10.4 Å². The van der Waals surface area contributed by atoms with Crippen molar-refractivity contribution in [2.45, 2.75) is 40.0 Å². The summed E-state index contributed by atoms with van der Waals surface area (Å²) >= 11 is 6.85. The van der Waals surface area contributed by atoms with Crippen LogP contribution in [0.4, 0.5) is 5.00 Å². The number of carbonyl (C=O) groups excluding carboxylic acids is 2. The summed E-state index contributed by atoms with van der Waals surface area (Å²) < 4.78 is 11.0. The number of ether oxygens (including phenoxy) is 2. The van der Waals surface area contributed by atoms with Gasteiger partial charge in [0.05, 0.1) is 5.56 Å². The van der Waals surface area contributed by atoms with E-state index in [0.29, 0.717) is 46.8 Å². The molecule has 7 nitrogen and oxygen atoms in total. The lowest BCUT2D eigenvalue weighted by Gasteiger charge is -2.33. The summed E-state index contributed by atoms with van der Waals surface area (Å²) in [6.45, 7) is 7.65. The highest BCUT2D eigenvalue weighted by molar-refractivity contribution is 7.80. The van der Waals surface area contributed by atoms with Gasteiger partial charge in [0.2, 0.25) is 0 Å². The Labute approximate surface area is 196 Å². The van der Waals surface area contributed by atoms with E-state index in [0.717, 1.165) is 29.7 Å². The van der Waals surface area contributed by atoms with E-state index in [9.17, 15) is 9.59 Å². The second-order valence-corrected chi connectivity index (χ2v) is 10.7. The van der Waals surface area contributed by atoms with Gasteiger partial charge in [-0.2, -0.15) is 0 Å². The number of amides is 2. The van der Waals surface area contributed by atoms with Gasteiger partial charge in [-0.15, -0.1) is 11.3 Å². The largest absolute Gasteiger partial charge is 0.486 e. The fourth-order valence-corrected chi connectivity index (χ4v) is 5.76. The molecule has 2 amide bonds. The summed E-state index contributed by atoms with van der Waals surface area (Å²) in [6.07, 6.45) is 2.73. The number of anilines is 1. The quantitative estimate of drug-likeness (QED) is 0.585. The first-order chi connectivity index (χ1) is 15.1. The molecule has 2 heterocycles. The molecule has 0 saturated carbocycles. The SMILES string of the molecule is CC(C)(C)C1CCc2c(sc(NC(=S)NC(=O)c3ccc4c(c3)OCCO4)c2C(N)=O)C1. The van der Waals surface area contributed by atoms with Crippen LogP contribution in [0.25, 0.3) is 0 Å². The summed E-state index contributed by atoms with van der Waals surface area (Å²) in [6, 6.07) is 4.97. The van der Waals surface area contributed by atoms with Crippen molar-refractivity contribution in [2.24, 2.45) is 17.1 Å². The second-order valence-electron chi connectivity index (χ2n) is 9.14. The van der Waals surface area contributed by atoms with Crippen LogP contribution in [-0.2, 0) is 12.8 Å². The maximum atomic E-state index is 12.7. The molecule has 2 aliphatic rings. The molecule has 1 aliphatic carbocycles. The zero-order valence-electron chi connectivity index (χ0n) is 18.4. The van der Waals surface area contributed by atoms with Crippen molar-refractivity contribution in [2.75, 3.05) is 18.5 Å². The molecule has 1 aliphatic heterocycles. The van der Waals surface area contributed by atoms with Crippen molar-refractivity contribution in [3.05, 3.63) is 39.8 Å². The Bertz CT molecular complexity index is 1090. The van der Waals surface area contributed by atoms with Gasteiger partial charge in [-0.25, -0.2) is 0 Å². The molecule has 0 radical (unpaired) electrons. The number of hydrogen-bond acceptors (Lipinski definition) is 6. The lowest BCUT2D eigenvalue weighted by Crippen LogP contribution is -2.34. The van der Waals surface area contributed by atoms with Gasteiger partial charge < -0.3 is 20.5 Å². The van der Waals surface area contributed by atoms with E-state index in [1.54, 1.807) is 18.2 Å². The van der Waals surface area contributed by atoms with Crippen LogP contribution in [0.2, 0.25) is 0 Å². The van der Waals surface area contributed by atoms with Crippen LogP contribution >= 0.6 is 23.6 Å². The molecule has 1 atom stereocenters. The molecule has 2 aromatic rings. The summed E-state index contributed by atoms with van der Waals surface area (Å²) in [7, 11) is 0. The minimum absolute atomic E-state index is 0.110. The molecule has 4 N–H and O–H groups in total. The standard InChI is InChI=1S/C23H27N3O4S2/c1-23(2,3)13-5-6-14-17(11-13)32-21(18(14)19(24)27)26-22(31)25-20(28)12-4-7-15-16(10-12)30-9-8-29-15/h4,7,10,13H,5-6,8-9,11H2,1-3H3,(H2,24,27)(H2,25,26,28,31). The molecule has 9 heteroatoms. The number of thiocarbonyl (C=S) groups is 1. The fourth-order valence-electron chi connectivity index (χ4n) is 4.17. The molecule has 0 fully saturated rings. The summed E-state index contributed by atoms with van der Waals surface area (Å²) in [5.74, 6) is 0.800. The maximum Gasteiger partial charge on any atom is 0.257 e. The number of nitrogens with two attached hydrogens (primary N) is 1. The van der Waals surface area contributed by atoms with Gasteiger partial charge in [0.25, 0.3) is 11.8 Å². The van der Waals surface area contributed by atoms with Crippen molar-refractivity contribution in [3.63, 3.8) is 0 Å². The Morgan fingerprint density at radius 2 is 1.91 bits per heavy atom. The first-order valence-electron chi connectivity index (χ1n) is 10.6. The monoisotopic (exact) mass is 473 g/mol. The number of carbonyl (C=O) groups is 2. The van der Waals surface area contributed by atoms with E-state index in [1.807, 2.05) is 0 Å². The Balaban J connectivity index is 1.49. The lowest BCUT2D eigenvalue weighted by molar-refractivity contribution is 0.0974. The molecule has 170 valence electrons. The lowest BCUT2D eigenvalue weighted by atomic mass is 9.72. The summed E-state index contributed by atoms with van der Waals surface area (Å²) in [5.41, 5.74) is 7.78. The van der Waals surface area contributed by atoms with Crippen molar-refractivity contribution in [1.29, 1.82) is 0 Å². The maximum absolute atomic E-state index is 12.7. The first kappa shape index (κ1) is 22.5. The van der Waals surface area contributed by atoms with Crippen molar-refractivity contribution in [3.8, 4) is 11.5 Å². The third kappa shape index (κ3) is 4.59. The highest BCUT2D eigenvalue weighted by atomic mass is 32.1. The molecule has 0 saturated heterocycles. The summed E-state index contributed by atoms with van der Waals surface area (Å²) in [4.78, 5) is 26.1. The Kier molecular flexibility index (Phi) is 6.13. The number of thiophene rings is 1. The van der Waals surface area contributed by atoms with Crippen LogP contribution in [0.5, 0.6) is 11.5 Å². The van der Waals surface area contributed by atoms with E-state index in [1.165, 1.54) is 11.3 Å². The van der Waals surface area contributed by atoms with Crippen LogP contribution in [0.15, 0.2) is 18.2 Å². The van der Waals surface area contributed by atoms with Gasteiger partial charge in [-0.1, -0.05) is 20.8 Å². The van der Waals surface area contributed by atoms with E-state index < -0.39 is 5.91 Å². The zero-order valence-corrected chi connectivity index (χ0v) is 20.0. The topological polar surface area (TPSA) is 103 Å².